The van der Waals surface area contributed by atoms with Gasteiger partial charge < -0.3 is 4.74 Å². The van der Waals surface area contributed by atoms with Gasteiger partial charge in [-0.1, -0.05) is 29.8 Å². The maximum atomic E-state index is 12.9. The molecule has 2 heterocycles. The first-order chi connectivity index (χ1) is 16.4. The minimum absolute atomic E-state index is 0.205. The number of hydrogen-bond acceptors (Lipinski definition) is 6. The third kappa shape index (κ3) is 6.25. The Labute approximate surface area is 206 Å². The Bertz CT molecular complexity index is 1190. The maximum absolute atomic E-state index is 12.9. The molecule has 2 aromatic carbocycles. The Kier molecular flexibility index (Phi) is 8.39. The van der Waals surface area contributed by atoms with Gasteiger partial charge >= 0.3 is 0 Å². The summed E-state index contributed by atoms with van der Waals surface area (Å²) < 4.78 is 34.4. The number of aromatic nitrogens is 1. The summed E-state index contributed by atoms with van der Waals surface area (Å²) in [6, 6.07) is 16.9. The fourth-order valence-corrected chi connectivity index (χ4v) is 5.77. The summed E-state index contributed by atoms with van der Waals surface area (Å²) in [5, 5.41) is 0.967. The molecule has 0 bridgehead atoms. The number of piperazine rings is 1. The van der Waals surface area contributed by atoms with Crippen LogP contribution in [0.3, 0.4) is 0 Å². The van der Waals surface area contributed by atoms with Crippen LogP contribution < -0.4 is 9.46 Å². The molecule has 4 rings (SSSR count). The molecule has 1 aliphatic heterocycles. The zero-order chi connectivity index (χ0) is 24.0. The smallest absolute Gasteiger partial charge is 0.241 e. The Balaban J connectivity index is 1.22. The molecule has 182 valence electrons. The highest BCUT2D eigenvalue weighted by Gasteiger charge is 2.24. The lowest BCUT2D eigenvalue weighted by molar-refractivity contribution is 0.0804. The molecule has 1 aliphatic rings. The second-order valence-electron chi connectivity index (χ2n) is 8.54. The molecule has 1 atom stereocenters. The van der Waals surface area contributed by atoms with Crippen LogP contribution in [0.5, 0.6) is 5.75 Å². The fraction of sp³-hybridized carbons (Fsp3) is 0.400. The Hall–Kier alpha value is -2.23. The predicted molar refractivity (Wildman–Crippen MR) is 136 cm³/mol. The Morgan fingerprint density at radius 2 is 1.91 bits per heavy atom. The van der Waals surface area contributed by atoms with Crippen LogP contribution in [0.15, 0.2) is 65.7 Å². The van der Waals surface area contributed by atoms with Gasteiger partial charge in [0.15, 0.2) is 0 Å². The van der Waals surface area contributed by atoms with Gasteiger partial charge in [0.1, 0.15) is 5.75 Å². The molecule has 7 nitrogen and oxygen atoms in total. The van der Waals surface area contributed by atoms with Crippen molar-refractivity contribution in [2.45, 2.75) is 24.3 Å². The number of para-hydroxylation sites is 1. The average molecular weight is 503 g/mol. The molecule has 34 heavy (non-hydrogen) atoms. The highest BCUT2D eigenvalue weighted by molar-refractivity contribution is 7.89. The van der Waals surface area contributed by atoms with Crippen LogP contribution in [0.25, 0.3) is 10.9 Å². The summed E-state index contributed by atoms with van der Waals surface area (Å²) >= 11 is 6.18. The number of benzene rings is 2. The summed E-state index contributed by atoms with van der Waals surface area (Å²) in [6.07, 6.45) is 2.58. The summed E-state index contributed by atoms with van der Waals surface area (Å²) in [6.45, 7) is 7.73. The number of fused-ring (bicyclic) bond motifs is 1. The van der Waals surface area contributed by atoms with E-state index in [2.05, 4.69) is 26.4 Å². The number of rotatable bonds is 10. The van der Waals surface area contributed by atoms with E-state index < -0.39 is 10.0 Å². The molecule has 0 amide bonds. The monoisotopic (exact) mass is 502 g/mol. The van der Waals surface area contributed by atoms with E-state index in [1.807, 2.05) is 30.3 Å². The zero-order valence-electron chi connectivity index (χ0n) is 19.4. The molecular formula is C25H31ClN4O3S. The molecule has 1 aromatic heterocycles. The molecule has 0 saturated carbocycles. The molecule has 1 unspecified atom stereocenters. The van der Waals surface area contributed by atoms with E-state index in [1.54, 1.807) is 24.4 Å². The van der Waals surface area contributed by atoms with E-state index in [0.717, 1.165) is 38.3 Å². The lowest BCUT2D eigenvalue weighted by atomic mass is 10.2. The first-order valence-corrected chi connectivity index (χ1v) is 13.5. The van der Waals surface area contributed by atoms with E-state index >= 15 is 0 Å². The zero-order valence-corrected chi connectivity index (χ0v) is 20.9. The van der Waals surface area contributed by atoms with Crippen LogP contribution in [-0.4, -0.2) is 75.1 Å². The first kappa shape index (κ1) is 24.9. The largest absolute Gasteiger partial charge is 0.494 e. The molecule has 9 heteroatoms. The number of ether oxygens (including phenoxy) is 1. The van der Waals surface area contributed by atoms with Gasteiger partial charge in [-0.15, -0.1) is 0 Å². The van der Waals surface area contributed by atoms with Crippen molar-refractivity contribution in [3.8, 4) is 5.75 Å². The van der Waals surface area contributed by atoms with Crippen molar-refractivity contribution in [1.29, 1.82) is 0 Å². The van der Waals surface area contributed by atoms with Crippen LogP contribution in [0.1, 0.15) is 13.3 Å². The average Bonchev–Trinajstić information content (AvgIpc) is 2.84. The van der Waals surface area contributed by atoms with Crippen molar-refractivity contribution in [2.75, 3.05) is 45.9 Å². The van der Waals surface area contributed by atoms with Crippen LogP contribution in [0, 0.1) is 0 Å². The van der Waals surface area contributed by atoms with Crippen molar-refractivity contribution in [1.82, 2.24) is 19.5 Å². The summed E-state index contributed by atoms with van der Waals surface area (Å²) in [5.74, 6) is 0.908. The van der Waals surface area contributed by atoms with E-state index in [-0.39, 0.29) is 4.90 Å². The van der Waals surface area contributed by atoms with Gasteiger partial charge in [-0.05, 0) is 49.7 Å². The normalized spacial score (nSPS) is 17.8. The van der Waals surface area contributed by atoms with Crippen molar-refractivity contribution in [3.05, 3.63) is 65.8 Å². The molecule has 0 aliphatic carbocycles. The van der Waals surface area contributed by atoms with Crippen molar-refractivity contribution in [3.63, 3.8) is 0 Å². The highest BCUT2D eigenvalue weighted by Crippen LogP contribution is 2.27. The standard InChI is InChI=1S/C25H31ClN4O3S/c1-20-19-29(16-17-30(20)14-6-18-33-21-7-3-2-4-8-21)15-13-28-34(31,32)24-11-10-23(26)25-22(24)9-5-12-27-25/h2-5,7-12,20,28H,6,13-19H2,1H3. The second kappa shape index (κ2) is 11.5. The SMILES string of the molecule is CC1CN(CCNS(=O)(=O)c2ccc(Cl)c3ncccc23)CCN1CCCOc1ccccc1. The van der Waals surface area contributed by atoms with Gasteiger partial charge in [0.2, 0.25) is 10.0 Å². The third-order valence-corrected chi connectivity index (χ3v) is 7.97. The molecule has 1 N–H and O–H groups in total. The quantitative estimate of drug-likeness (QED) is 0.427. The number of halogens is 1. The number of hydrogen-bond donors (Lipinski definition) is 1. The number of nitrogens with one attached hydrogen (secondary N) is 1. The second-order valence-corrected chi connectivity index (χ2v) is 10.7. The van der Waals surface area contributed by atoms with E-state index in [1.165, 1.54) is 6.07 Å². The molecular weight excluding hydrogens is 472 g/mol. The molecule has 0 radical (unpaired) electrons. The third-order valence-electron chi connectivity index (χ3n) is 6.14. The minimum atomic E-state index is -3.67. The molecule has 0 spiro atoms. The lowest BCUT2D eigenvalue weighted by Gasteiger charge is -2.40. The summed E-state index contributed by atoms with van der Waals surface area (Å²) in [7, 11) is -3.67. The van der Waals surface area contributed by atoms with E-state index in [9.17, 15) is 8.42 Å². The van der Waals surface area contributed by atoms with Gasteiger partial charge in [0.25, 0.3) is 0 Å². The summed E-state index contributed by atoms with van der Waals surface area (Å²) in [5.41, 5.74) is 0.492. The lowest BCUT2D eigenvalue weighted by Crippen LogP contribution is -2.53. The van der Waals surface area contributed by atoms with Crippen molar-refractivity contribution in [2.24, 2.45) is 0 Å². The topological polar surface area (TPSA) is 74.8 Å². The number of pyridine rings is 1. The van der Waals surface area contributed by atoms with Crippen molar-refractivity contribution >= 4 is 32.5 Å². The van der Waals surface area contributed by atoms with Gasteiger partial charge in [0.05, 0.1) is 22.0 Å². The molecule has 1 saturated heterocycles. The number of nitrogens with zero attached hydrogens (tertiary/aromatic N) is 3. The van der Waals surface area contributed by atoms with Gasteiger partial charge in [-0.2, -0.15) is 0 Å². The van der Waals surface area contributed by atoms with Crippen LogP contribution in [0.4, 0.5) is 0 Å². The fourth-order valence-electron chi connectivity index (χ4n) is 4.34. The van der Waals surface area contributed by atoms with Gasteiger partial charge in [-0.3, -0.25) is 14.8 Å². The van der Waals surface area contributed by atoms with Crippen LogP contribution >= 0.6 is 11.6 Å². The van der Waals surface area contributed by atoms with Gasteiger partial charge in [0, 0.05) is 56.9 Å². The van der Waals surface area contributed by atoms with Gasteiger partial charge in [-0.25, -0.2) is 13.1 Å². The molecule has 1 fully saturated rings. The minimum Gasteiger partial charge on any atom is -0.494 e. The summed E-state index contributed by atoms with van der Waals surface area (Å²) in [4.78, 5) is 9.21. The Morgan fingerprint density at radius 1 is 1.09 bits per heavy atom. The van der Waals surface area contributed by atoms with Crippen LogP contribution in [-0.2, 0) is 10.0 Å². The van der Waals surface area contributed by atoms with Crippen molar-refractivity contribution < 1.29 is 13.2 Å². The Morgan fingerprint density at radius 3 is 2.71 bits per heavy atom. The first-order valence-electron chi connectivity index (χ1n) is 11.6. The van der Waals surface area contributed by atoms with Crippen LogP contribution in [0.2, 0.25) is 5.02 Å². The van der Waals surface area contributed by atoms with E-state index in [4.69, 9.17) is 16.3 Å². The number of sulfonamides is 1. The molecule has 3 aromatic rings. The predicted octanol–water partition coefficient (Wildman–Crippen LogP) is 3.64. The maximum Gasteiger partial charge on any atom is 0.241 e. The van der Waals surface area contributed by atoms with E-state index in [0.29, 0.717) is 41.7 Å². The highest BCUT2D eigenvalue weighted by atomic mass is 35.5.